The first-order valence-corrected chi connectivity index (χ1v) is 9.75. The predicted molar refractivity (Wildman–Crippen MR) is 105 cm³/mol. The maximum absolute atomic E-state index is 13.1. The highest BCUT2D eigenvalue weighted by atomic mass is 32.1. The minimum atomic E-state index is -0.00716. The number of tetrazole rings is 1. The van der Waals surface area contributed by atoms with Crippen LogP contribution in [0, 0.1) is 4.77 Å². The Labute approximate surface area is 167 Å². The van der Waals surface area contributed by atoms with E-state index in [-0.39, 0.29) is 17.9 Å². The summed E-state index contributed by atoms with van der Waals surface area (Å²) in [4.78, 5) is 15.0. The summed E-state index contributed by atoms with van der Waals surface area (Å²) in [6.45, 7) is 5.54. The molecule has 0 unspecified atom stereocenters. The Morgan fingerprint density at radius 1 is 1.25 bits per heavy atom. The number of aromatic amines is 1. The molecule has 1 aliphatic heterocycles. The Morgan fingerprint density at radius 2 is 2.00 bits per heavy atom. The van der Waals surface area contributed by atoms with Crippen molar-refractivity contribution in [3.05, 3.63) is 46.8 Å². The van der Waals surface area contributed by atoms with Gasteiger partial charge in [-0.3, -0.25) is 9.89 Å². The van der Waals surface area contributed by atoms with Crippen molar-refractivity contribution in [1.29, 1.82) is 0 Å². The van der Waals surface area contributed by atoms with Crippen LogP contribution in [0.3, 0.4) is 0 Å². The Morgan fingerprint density at radius 3 is 2.68 bits per heavy atom. The van der Waals surface area contributed by atoms with Crippen molar-refractivity contribution in [2.24, 2.45) is 0 Å². The van der Waals surface area contributed by atoms with Crippen molar-refractivity contribution >= 4 is 18.1 Å². The van der Waals surface area contributed by atoms with E-state index in [0.29, 0.717) is 29.1 Å². The number of carbonyl (C=O) groups is 1. The lowest BCUT2D eigenvalue weighted by Gasteiger charge is -2.32. The third kappa shape index (κ3) is 3.35. The molecule has 9 nitrogen and oxygen atoms in total. The number of aromatic nitrogens is 7. The molecule has 0 saturated carbocycles. The summed E-state index contributed by atoms with van der Waals surface area (Å²) < 4.78 is 4.24. The number of nitrogens with one attached hydrogen (secondary N) is 1. The van der Waals surface area contributed by atoms with Crippen LogP contribution in [0.15, 0.2) is 30.6 Å². The van der Waals surface area contributed by atoms with Crippen molar-refractivity contribution in [2.45, 2.75) is 38.6 Å². The van der Waals surface area contributed by atoms with Gasteiger partial charge in [0.25, 0.3) is 5.91 Å². The molecular weight excluding hydrogens is 376 g/mol. The van der Waals surface area contributed by atoms with Gasteiger partial charge in [-0.15, -0.1) is 5.10 Å². The molecule has 10 heteroatoms. The maximum atomic E-state index is 13.1. The lowest BCUT2D eigenvalue weighted by molar-refractivity contribution is 0.0709. The molecule has 1 fully saturated rings. The monoisotopic (exact) mass is 398 g/mol. The number of para-hydroxylation sites is 1. The summed E-state index contributed by atoms with van der Waals surface area (Å²) in [5, 5.41) is 18.6. The molecule has 28 heavy (non-hydrogen) atoms. The molecule has 1 saturated heterocycles. The molecule has 1 N–H and O–H groups in total. The maximum Gasteiger partial charge on any atom is 0.256 e. The standard InChI is InChI=1S/C18H22N8OS/c1-12(2)26-16(20-21-18(26)28)13-7-9-24(10-8-13)17(27)14-5-3-4-6-15(14)25-11-19-22-23-25/h3-6,11-13H,7-10H2,1-2H3,(H,21,28). The number of hydrogen-bond acceptors (Lipinski definition) is 6. The minimum Gasteiger partial charge on any atom is -0.339 e. The molecule has 3 aromatic rings. The van der Waals surface area contributed by atoms with Gasteiger partial charge in [0, 0.05) is 25.0 Å². The van der Waals surface area contributed by atoms with Gasteiger partial charge in [0.1, 0.15) is 12.2 Å². The zero-order valence-electron chi connectivity index (χ0n) is 15.8. The van der Waals surface area contributed by atoms with Gasteiger partial charge in [-0.2, -0.15) is 9.78 Å². The third-order valence-electron chi connectivity index (χ3n) is 5.13. The fraction of sp³-hybridized carbons (Fsp3) is 0.444. The number of benzene rings is 1. The first kappa shape index (κ1) is 18.5. The molecule has 4 rings (SSSR count). The van der Waals surface area contributed by atoms with Crippen LogP contribution in [-0.2, 0) is 0 Å². The molecule has 0 spiro atoms. The van der Waals surface area contributed by atoms with Crippen molar-refractivity contribution < 1.29 is 4.79 Å². The summed E-state index contributed by atoms with van der Waals surface area (Å²) >= 11 is 5.36. The molecule has 1 aliphatic rings. The second kappa shape index (κ2) is 7.63. The Bertz CT molecular complexity index is 1010. The van der Waals surface area contributed by atoms with E-state index in [1.54, 1.807) is 0 Å². The largest absolute Gasteiger partial charge is 0.339 e. The number of likely N-dealkylation sites (tertiary alicyclic amines) is 1. The second-order valence-electron chi connectivity index (χ2n) is 7.19. The number of H-pyrrole nitrogens is 1. The average Bonchev–Trinajstić information content (AvgIpc) is 3.37. The van der Waals surface area contributed by atoms with E-state index < -0.39 is 0 Å². The van der Waals surface area contributed by atoms with Crippen LogP contribution in [0.2, 0.25) is 0 Å². The Balaban J connectivity index is 1.51. The SMILES string of the molecule is CC(C)n1c(C2CCN(C(=O)c3ccccc3-n3cnnn3)CC2)n[nH]c1=S. The molecule has 0 atom stereocenters. The Kier molecular flexibility index (Phi) is 5.03. The van der Waals surface area contributed by atoms with E-state index in [9.17, 15) is 4.79 Å². The zero-order chi connectivity index (χ0) is 19.7. The number of nitrogens with zero attached hydrogens (tertiary/aromatic N) is 7. The van der Waals surface area contributed by atoms with Crippen LogP contribution in [0.5, 0.6) is 0 Å². The minimum absolute atomic E-state index is 0.00716. The zero-order valence-corrected chi connectivity index (χ0v) is 16.6. The van der Waals surface area contributed by atoms with Gasteiger partial charge in [-0.1, -0.05) is 12.1 Å². The number of rotatable bonds is 4. The second-order valence-corrected chi connectivity index (χ2v) is 7.58. The van der Waals surface area contributed by atoms with Gasteiger partial charge < -0.3 is 9.47 Å². The van der Waals surface area contributed by atoms with E-state index in [1.165, 1.54) is 11.0 Å². The molecule has 3 heterocycles. The average molecular weight is 398 g/mol. The van der Waals surface area contributed by atoms with Crippen LogP contribution in [0.4, 0.5) is 0 Å². The van der Waals surface area contributed by atoms with E-state index in [2.05, 4.69) is 44.1 Å². The lowest BCUT2D eigenvalue weighted by atomic mass is 9.95. The summed E-state index contributed by atoms with van der Waals surface area (Å²) in [5.41, 5.74) is 1.28. The molecule has 0 bridgehead atoms. The molecule has 1 amide bonds. The topological polar surface area (TPSA) is 97.5 Å². The fourth-order valence-corrected chi connectivity index (χ4v) is 4.09. The summed E-state index contributed by atoms with van der Waals surface area (Å²) in [6, 6.07) is 7.64. The first-order chi connectivity index (χ1) is 13.6. The van der Waals surface area contributed by atoms with Gasteiger partial charge in [-0.05, 0) is 61.5 Å². The van der Waals surface area contributed by atoms with Gasteiger partial charge in [0.05, 0.1) is 11.3 Å². The number of hydrogen-bond donors (Lipinski definition) is 1. The van der Waals surface area contributed by atoms with E-state index >= 15 is 0 Å². The molecule has 0 radical (unpaired) electrons. The van der Waals surface area contributed by atoms with Gasteiger partial charge in [-0.25, -0.2) is 0 Å². The molecule has 2 aromatic heterocycles. The predicted octanol–water partition coefficient (Wildman–Crippen LogP) is 2.52. The fourth-order valence-electron chi connectivity index (χ4n) is 3.74. The normalized spacial score (nSPS) is 15.3. The van der Waals surface area contributed by atoms with Crippen molar-refractivity contribution in [1.82, 2.24) is 39.9 Å². The quantitative estimate of drug-likeness (QED) is 0.678. The lowest BCUT2D eigenvalue weighted by Crippen LogP contribution is -2.39. The summed E-state index contributed by atoms with van der Waals surface area (Å²) in [6.07, 6.45) is 3.20. The van der Waals surface area contributed by atoms with Crippen molar-refractivity contribution in [3.8, 4) is 5.69 Å². The summed E-state index contributed by atoms with van der Waals surface area (Å²) in [5.74, 6) is 1.27. The van der Waals surface area contributed by atoms with E-state index in [0.717, 1.165) is 18.7 Å². The van der Waals surface area contributed by atoms with Crippen molar-refractivity contribution in [2.75, 3.05) is 13.1 Å². The van der Waals surface area contributed by atoms with Crippen molar-refractivity contribution in [3.63, 3.8) is 0 Å². The van der Waals surface area contributed by atoms with Crippen LogP contribution < -0.4 is 0 Å². The highest BCUT2D eigenvalue weighted by Gasteiger charge is 2.29. The van der Waals surface area contributed by atoms with Crippen LogP contribution in [0.25, 0.3) is 5.69 Å². The number of amides is 1. The summed E-state index contributed by atoms with van der Waals surface area (Å²) in [7, 11) is 0. The third-order valence-corrected chi connectivity index (χ3v) is 5.41. The Hall–Kier alpha value is -2.88. The van der Waals surface area contributed by atoms with Gasteiger partial charge in [0.15, 0.2) is 4.77 Å². The van der Waals surface area contributed by atoms with Gasteiger partial charge >= 0.3 is 0 Å². The highest BCUT2D eigenvalue weighted by Crippen LogP contribution is 2.29. The first-order valence-electron chi connectivity index (χ1n) is 9.34. The van der Waals surface area contributed by atoms with E-state index in [4.69, 9.17) is 12.2 Å². The molecular formula is C18H22N8OS. The molecule has 0 aliphatic carbocycles. The molecule has 1 aromatic carbocycles. The van der Waals surface area contributed by atoms with Crippen LogP contribution in [-0.4, -0.2) is 58.9 Å². The molecule has 146 valence electrons. The van der Waals surface area contributed by atoms with Gasteiger partial charge in [0.2, 0.25) is 0 Å². The van der Waals surface area contributed by atoms with Crippen LogP contribution >= 0.6 is 12.2 Å². The smallest absolute Gasteiger partial charge is 0.256 e. The van der Waals surface area contributed by atoms with Crippen LogP contribution in [0.1, 0.15) is 54.8 Å². The van der Waals surface area contributed by atoms with E-state index in [1.807, 2.05) is 29.2 Å². The number of piperidine rings is 1. The highest BCUT2D eigenvalue weighted by molar-refractivity contribution is 7.71. The number of carbonyl (C=O) groups excluding carboxylic acids is 1.